The summed E-state index contributed by atoms with van der Waals surface area (Å²) in [4.78, 5) is 0. The molecule has 0 radical (unpaired) electrons. The van der Waals surface area contributed by atoms with Gasteiger partial charge in [-0.2, -0.15) is 0 Å². The molecule has 0 bridgehead atoms. The van der Waals surface area contributed by atoms with Gasteiger partial charge in [0.05, 0.1) is 0 Å². The Morgan fingerprint density at radius 2 is 1.88 bits per heavy atom. The van der Waals surface area contributed by atoms with Crippen molar-refractivity contribution in [2.45, 2.75) is 13.8 Å². The van der Waals surface area contributed by atoms with Crippen LogP contribution in [-0.4, -0.2) is 12.3 Å². The maximum Gasteiger partial charge on any atom is -0.0231 e. The standard InChI is InChI=1S/C6H13PS/c1-4-7(8,5-2)6-3/h4H,1,5-6H2,2-3H3. The largest absolute Gasteiger partial charge is 0.0978 e. The lowest BCUT2D eigenvalue weighted by atomic mass is 11.0. The van der Waals surface area contributed by atoms with Crippen molar-refractivity contribution >= 4 is 17.8 Å². The smallest absolute Gasteiger partial charge is 0.0231 e. The van der Waals surface area contributed by atoms with Gasteiger partial charge in [0.15, 0.2) is 0 Å². The van der Waals surface area contributed by atoms with Crippen LogP contribution in [0.5, 0.6) is 0 Å². The fourth-order valence-electron chi connectivity index (χ4n) is 0.482. The lowest BCUT2D eigenvalue weighted by molar-refractivity contribution is 1.42. The zero-order valence-corrected chi connectivity index (χ0v) is 7.27. The predicted molar refractivity (Wildman–Crippen MR) is 45.6 cm³/mol. The van der Waals surface area contributed by atoms with Crippen LogP contribution in [0, 0.1) is 0 Å². The van der Waals surface area contributed by atoms with Crippen molar-refractivity contribution in [2.75, 3.05) is 12.3 Å². The molecule has 0 aliphatic heterocycles. The van der Waals surface area contributed by atoms with Gasteiger partial charge < -0.3 is 0 Å². The molecule has 0 aromatic rings. The lowest BCUT2D eigenvalue weighted by Gasteiger charge is -2.10. The van der Waals surface area contributed by atoms with Crippen LogP contribution in [0.1, 0.15) is 13.8 Å². The van der Waals surface area contributed by atoms with E-state index in [4.69, 9.17) is 11.8 Å². The van der Waals surface area contributed by atoms with Gasteiger partial charge in [0.25, 0.3) is 0 Å². The van der Waals surface area contributed by atoms with E-state index in [-0.39, 0.29) is 0 Å². The summed E-state index contributed by atoms with van der Waals surface area (Å²) >= 11 is 5.30. The maximum atomic E-state index is 5.30. The van der Waals surface area contributed by atoms with Crippen molar-refractivity contribution in [3.63, 3.8) is 0 Å². The summed E-state index contributed by atoms with van der Waals surface area (Å²) in [6.07, 6.45) is 2.25. The molecule has 0 nitrogen and oxygen atoms in total. The molecule has 0 aliphatic carbocycles. The number of hydrogen-bond donors (Lipinski definition) is 0. The monoisotopic (exact) mass is 148 g/mol. The highest BCUT2D eigenvalue weighted by Gasteiger charge is 2.03. The SMILES string of the molecule is C=CP(=S)(CC)CC. The Balaban J connectivity index is 3.99. The topological polar surface area (TPSA) is 0 Å². The van der Waals surface area contributed by atoms with Gasteiger partial charge in [-0.15, -0.1) is 0 Å². The van der Waals surface area contributed by atoms with Crippen LogP contribution in [0.4, 0.5) is 0 Å². The molecule has 0 N–H and O–H groups in total. The minimum atomic E-state index is -1.06. The fraction of sp³-hybridized carbons (Fsp3) is 0.667. The molecule has 48 valence electrons. The molecule has 0 rings (SSSR count). The van der Waals surface area contributed by atoms with E-state index < -0.39 is 6.04 Å². The molecule has 0 aliphatic rings. The Hall–Kier alpha value is 0.390. The van der Waals surface area contributed by atoms with E-state index in [1.54, 1.807) is 0 Å². The lowest BCUT2D eigenvalue weighted by Crippen LogP contribution is -1.81. The minimum absolute atomic E-state index is 1.06. The molecule has 0 heterocycles. The van der Waals surface area contributed by atoms with Crippen LogP contribution in [0.2, 0.25) is 0 Å². The summed E-state index contributed by atoms with van der Waals surface area (Å²) in [5.74, 6) is 1.97. The summed E-state index contributed by atoms with van der Waals surface area (Å²) in [6, 6.07) is -1.06. The Bertz CT molecular complexity index is 110. The zero-order chi connectivity index (χ0) is 6.62. The molecule has 0 atom stereocenters. The van der Waals surface area contributed by atoms with Gasteiger partial charge in [-0.3, -0.25) is 0 Å². The van der Waals surface area contributed by atoms with Crippen molar-refractivity contribution in [1.29, 1.82) is 0 Å². The first kappa shape index (κ1) is 8.39. The predicted octanol–water partition coefficient (Wildman–Crippen LogP) is 2.65. The molecule has 0 aromatic heterocycles. The zero-order valence-electron chi connectivity index (χ0n) is 5.55. The summed E-state index contributed by atoms with van der Waals surface area (Å²) < 4.78 is 0. The van der Waals surface area contributed by atoms with Crippen molar-refractivity contribution in [3.05, 3.63) is 12.4 Å². The average Bonchev–Trinajstić information content (AvgIpc) is 1.87. The van der Waals surface area contributed by atoms with E-state index in [1.165, 1.54) is 0 Å². The van der Waals surface area contributed by atoms with Crippen molar-refractivity contribution in [1.82, 2.24) is 0 Å². The quantitative estimate of drug-likeness (QED) is 0.554. The van der Waals surface area contributed by atoms with Crippen LogP contribution in [0.15, 0.2) is 12.4 Å². The Morgan fingerprint density at radius 3 is 1.88 bits per heavy atom. The first-order valence-electron chi connectivity index (χ1n) is 2.90. The van der Waals surface area contributed by atoms with Crippen LogP contribution in [0.3, 0.4) is 0 Å². The van der Waals surface area contributed by atoms with E-state index in [0.29, 0.717) is 0 Å². The molecule has 0 aromatic carbocycles. The van der Waals surface area contributed by atoms with Crippen LogP contribution < -0.4 is 0 Å². The number of rotatable bonds is 3. The molecule has 0 saturated carbocycles. The molecule has 0 unspecified atom stereocenters. The summed E-state index contributed by atoms with van der Waals surface area (Å²) in [5.41, 5.74) is 0. The van der Waals surface area contributed by atoms with Gasteiger partial charge in [-0.25, -0.2) is 0 Å². The normalized spacial score (nSPS) is 11.2. The average molecular weight is 148 g/mol. The third-order valence-electron chi connectivity index (χ3n) is 1.40. The second-order valence-electron chi connectivity index (χ2n) is 1.77. The van der Waals surface area contributed by atoms with Gasteiger partial charge in [-0.05, 0) is 18.4 Å². The molecule has 0 spiro atoms. The van der Waals surface area contributed by atoms with E-state index in [9.17, 15) is 0 Å². The third-order valence-corrected chi connectivity index (χ3v) is 6.21. The Morgan fingerprint density at radius 1 is 1.50 bits per heavy atom. The highest BCUT2D eigenvalue weighted by Crippen LogP contribution is 2.45. The van der Waals surface area contributed by atoms with Crippen molar-refractivity contribution in [2.24, 2.45) is 0 Å². The van der Waals surface area contributed by atoms with Crippen LogP contribution >= 0.6 is 6.04 Å². The molecule has 0 saturated heterocycles. The summed E-state index contributed by atoms with van der Waals surface area (Å²) in [7, 11) is 0. The van der Waals surface area contributed by atoms with E-state index >= 15 is 0 Å². The summed E-state index contributed by atoms with van der Waals surface area (Å²) in [6.45, 7) is 8.01. The summed E-state index contributed by atoms with van der Waals surface area (Å²) in [5, 5.41) is 0. The van der Waals surface area contributed by atoms with Crippen LogP contribution in [-0.2, 0) is 11.8 Å². The maximum absolute atomic E-state index is 5.30. The molecular formula is C6H13PS. The molecule has 2 heteroatoms. The highest BCUT2D eigenvalue weighted by atomic mass is 32.4. The Kier molecular flexibility index (Phi) is 3.59. The fourth-order valence-corrected chi connectivity index (χ4v) is 1.45. The van der Waals surface area contributed by atoms with Gasteiger partial charge in [-0.1, -0.05) is 38.1 Å². The van der Waals surface area contributed by atoms with Gasteiger partial charge in [0.2, 0.25) is 0 Å². The molecule has 0 fully saturated rings. The van der Waals surface area contributed by atoms with Crippen molar-refractivity contribution < 1.29 is 0 Å². The minimum Gasteiger partial charge on any atom is -0.0978 e. The van der Waals surface area contributed by atoms with Gasteiger partial charge in [0, 0.05) is 0 Å². The molecule has 8 heavy (non-hydrogen) atoms. The van der Waals surface area contributed by atoms with E-state index in [2.05, 4.69) is 20.4 Å². The first-order valence-corrected chi connectivity index (χ1v) is 6.14. The molecule has 0 amide bonds. The Labute approximate surface area is 57.0 Å². The van der Waals surface area contributed by atoms with Crippen LogP contribution in [0.25, 0.3) is 0 Å². The number of hydrogen-bond acceptors (Lipinski definition) is 1. The second-order valence-corrected chi connectivity index (χ2v) is 7.48. The first-order chi connectivity index (χ1) is 3.68. The van der Waals surface area contributed by atoms with Gasteiger partial charge in [0.1, 0.15) is 0 Å². The van der Waals surface area contributed by atoms with E-state index in [0.717, 1.165) is 12.3 Å². The second kappa shape index (κ2) is 3.42. The highest BCUT2D eigenvalue weighted by molar-refractivity contribution is 8.16. The van der Waals surface area contributed by atoms with Gasteiger partial charge >= 0.3 is 0 Å². The van der Waals surface area contributed by atoms with E-state index in [1.807, 2.05) is 5.82 Å². The third kappa shape index (κ3) is 2.11. The molecular weight excluding hydrogens is 135 g/mol. The van der Waals surface area contributed by atoms with Crippen molar-refractivity contribution in [3.8, 4) is 0 Å².